The minimum Gasteiger partial charge on any atom is -0.496 e. The Morgan fingerprint density at radius 1 is 1.12 bits per heavy atom. The first-order valence-electron chi connectivity index (χ1n) is 7.22. The number of alkyl halides is 2. The van der Waals surface area contributed by atoms with Gasteiger partial charge >= 0.3 is 6.61 Å². The SMILES string of the molecule is COc1ccccc1CNC(=O)C=Cc1ccccc1OC(F)F. The summed E-state index contributed by atoms with van der Waals surface area (Å²) in [6, 6.07) is 13.6. The zero-order valence-corrected chi connectivity index (χ0v) is 13.0. The third-order valence-corrected chi connectivity index (χ3v) is 3.19. The van der Waals surface area contributed by atoms with Gasteiger partial charge in [-0.25, -0.2) is 0 Å². The number of rotatable bonds is 7. The molecule has 0 bridgehead atoms. The second kappa shape index (κ2) is 8.67. The molecule has 0 unspecified atom stereocenters. The molecule has 1 N–H and O–H groups in total. The molecule has 2 aromatic rings. The molecule has 0 aliphatic rings. The predicted octanol–water partition coefficient (Wildman–Crippen LogP) is 3.63. The zero-order chi connectivity index (χ0) is 17.4. The van der Waals surface area contributed by atoms with Crippen molar-refractivity contribution in [1.82, 2.24) is 5.32 Å². The van der Waals surface area contributed by atoms with Gasteiger partial charge in [-0.05, 0) is 18.2 Å². The highest BCUT2D eigenvalue weighted by Crippen LogP contribution is 2.21. The summed E-state index contributed by atoms with van der Waals surface area (Å²) in [5, 5.41) is 2.71. The zero-order valence-electron chi connectivity index (χ0n) is 13.0. The van der Waals surface area contributed by atoms with E-state index in [4.69, 9.17) is 4.74 Å². The summed E-state index contributed by atoms with van der Waals surface area (Å²) in [6.07, 6.45) is 2.69. The number of benzene rings is 2. The van der Waals surface area contributed by atoms with Gasteiger partial charge in [0.15, 0.2) is 0 Å². The number of carbonyl (C=O) groups excluding carboxylic acids is 1. The first kappa shape index (κ1) is 17.5. The van der Waals surface area contributed by atoms with Gasteiger partial charge in [-0.3, -0.25) is 4.79 Å². The Morgan fingerprint density at radius 2 is 1.79 bits per heavy atom. The van der Waals surface area contributed by atoms with E-state index in [1.54, 1.807) is 31.4 Å². The normalized spacial score (nSPS) is 10.8. The van der Waals surface area contributed by atoms with Crippen LogP contribution in [0.15, 0.2) is 54.6 Å². The lowest BCUT2D eigenvalue weighted by Gasteiger charge is -2.09. The number of nitrogens with one attached hydrogen (secondary N) is 1. The van der Waals surface area contributed by atoms with E-state index in [1.165, 1.54) is 18.2 Å². The monoisotopic (exact) mass is 333 g/mol. The van der Waals surface area contributed by atoms with Crippen LogP contribution in [-0.2, 0) is 11.3 Å². The van der Waals surface area contributed by atoms with Crippen LogP contribution in [0.4, 0.5) is 8.78 Å². The number of methoxy groups -OCH3 is 1. The molecular weight excluding hydrogens is 316 g/mol. The summed E-state index contributed by atoms with van der Waals surface area (Å²) in [7, 11) is 1.56. The smallest absolute Gasteiger partial charge is 0.387 e. The second-order valence-electron chi connectivity index (χ2n) is 4.78. The Morgan fingerprint density at radius 3 is 2.50 bits per heavy atom. The first-order valence-corrected chi connectivity index (χ1v) is 7.22. The van der Waals surface area contributed by atoms with Gasteiger partial charge in [0.2, 0.25) is 5.91 Å². The van der Waals surface area contributed by atoms with E-state index < -0.39 is 6.61 Å². The lowest BCUT2D eigenvalue weighted by Crippen LogP contribution is -2.20. The average Bonchev–Trinajstić information content (AvgIpc) is 2.59. The summed E-state index contributed by atoms with van der Waals surface area (Å²) in [4.78, 5) is 11.9. The summed E-state index contributed by atoms with van der Waals surface area (Å²) in [6.45, 7) is -2.62. The molecule has 2 rings (SSSR count). The molecule has 0 aromatic heterocycles. The Labute approximate surface area is 138 Å². The van der Waals surface area contributed by atoms with Crippen molar-refractivity contribution >= 4 is 12.0 Å². The van der Waals surface area contributed by atoms with Gasteiger partial charge in [0.1, 0.15) is 11.5 Å². The van der Waals surface area contributed by atoms with Crippen molar-refractivity contribution in [3.63, 3.8) is 0 Å². The number of hydrogen-bond acceptors (Lipinski definition) is 3. The Bertz CT molecular complexity index is 717. The molecule has 0 saturated heterocycles. The number of halogens is 2. The Hall–Kier alpha value is -2.89. The standard InChI is InChI=1S/C18H17F2NO3/c1-23-15-8-4-3-7-14(15)12-21-17(22)11-10-13-6-2-5-9-16(13)24-18(19)20/h2-11,18H,12H2,1H3,(H,21,22). The molecule has 126 valence electrons. The van der Waals surface area contributed by atoms with Crippen LogP contribution in [0.1, 0.15) is 11.1 Å². The van der Waals surface area contributed by atoms with Crippen molar-refractivity contribution in [2.75, 3.05) is 7.11 Å². The topological polar surface area (TPSA) is 47.6 Å². The maximum Gasteiger partial charge on any atom is 0.387 e. The minimum atomic E-state index is -2.92. The highest BCUT2D eigenvalue weighted by Gasteiger charge is 2.07. The van der Waals surface area contributed by atoms with Crippen LogP contribution in [0.3, 0.4) is 0 Å². The van der Waals surface area contributed by atoms with E-state index in [0.717, 1.165) is 5.56 Å². The van der Waals surface area contributed by atoms with E-state index in [1.807, 2.05) is 18.2 Å². The number of hydrogen-bond donors (Lipinski definition) is 1. The molecule has 4 nitrogen and oxygen atoms in total. The lowest BCUT2D eigenvalue weighted by atomic mass is 10.2. The molecule has 1 amide bonds. The highest BCUT2D eigenvalue weighted by atomic mass is 19.3. The molecule has 0 radical (unpaired) electrons. The summed E-state index contributed by atoms with van der Waals surface area (Å²) in [5.41, 5.74) is 1.23. The number of amides is 1. The van der Waals surface area contributed by atoms with Crippen molar-refractivity contribution in [2.45, 2.75) is 13.2 Å². The fourth-order valence-corrected chi connectivity index (χ4v) is 2.08. The van der Waals surface area contributed by atoms with E-state index in [0.29, 0.717) is 17.9 Å². The van der Waals surface area contributed by atoms with Crippen molar-refractivity contribution in [1.29, 1.82) is 0 Å². The molecule has 6 heteroatoms. The van der Waals surface area contributed by atoms with Crippen LogP contribution in [-0.4, -0.2) is 19.6 Å². The van der Waals surface area contributed by atoms with Gasteiger partial charge in [-0.1, -0.05) is 36.4 Å². The fraction of sp³-hybridized carbons (Fsp3) is 0.167. The Balaban J connectivity index is 1.98. The maximum absolute atomic E-state index is 12.3. The van der Waals surface area contributed by atoms with Crippen LogP contribution < -0.4 is 14.8 Å². The molecule has 0 aliphatic heterocycles. The number of para-hydroxylation sites is 2. The largest absolute Gasteiger partial charge is 0.496 e. The van der Waals surface area contributed by atoms with Crippen molar-refractivity contribution < 1.29 is 23.0 Å². The third kappa shape index (κ3) is 5.08. The van der Waals surface area contributed by atoms with Crippen LogP contribution in [0.25, 0.3) is 6.08 Å². The second-order valence-corrected chi connectivity index (χ2v) is 4.78. The minimum absolute atomic E-state index is 0.0151. The molecular formula is C18H17F2NO3. The molecule has 0 heterocycles. The molecule has 0 atom stereocenters. The van der Waals surface area contributed by atoms with Crippen molar-refractivity contribution in [3.8, 4) is 11.5 Å². The molecule has 24 heavy (non-hydrogen) atoms. The van der Waals surface area contributed by atoms with E-state index in [2.05, 4.69) is 10.1 Å². The summed E-state index contributed by atoms with van der Waals surface area (Å²) < 4.78 is 34.3. The van der Waals surface area contributed by atoms with Gasteiger partial charge in [0, 0.05) is 23.7 Å². The fourth-order valence-electron chi connectivity index (χ4n) is 2.08. The van der Waals surface area contributed by atoms with E-state index in [9.17, 15) is 13.6 Å². The molecule has 2 aromatic carbocycles. The van der Waals surface area contributed by atoms with Crippen molar-refractivity contribution in [3.05, 3.63) is 65.7 Å². The van der Waals surface area contributed by atoms with Crippen molar-refractivity contribution in [2.24, 2.45) is 0 Å². The predicted molar refractivity (Wildman–Crippen MR) is 86.9 cm³/mol. The molecule has 0 fully saturated rings. The molecule has 0 spiro atoms. The Kier molecular flexibility index (Phi) is 6.31. The molecule has 0 saturated carbocycles. The van der Waals surface area contributed by atoms with E-state index in [-0.39, 0.29) is 11.7 Å². The van der Waals surface area contributed by atoms with Crippen LogP contribution in [0.2, 0.25) is 0 Å². The van der Waals surface area contributed by atoms with Gasteiger partial charge in [-0.15, -0.1) is 0 Å². The number of carbonyl (C=O) groups is 1. The molecule has 0 aliphatic carbocycles. The van der Waals surface area contributed by atoms with Gasteiger partial charge in [0.25, 0.3) is 0 Å². The quantitative estimate of drug-likeness (QED) is 0.787. The maximum atomic E-state index is 12.3. The number of ether oxygens (including phenoxy) is 2. The van der Waals surface area contributed by atoms with Gasteiger partial charge in [-0.2, -0.15) is 8.78 Å². The highest BCUT2D eigenvalue weighted by molar-refractivity contribution is 5.92. The van der Waals surface area contributed by atoms with Gasteiger partial charge < -0.3 is 14.8 Å². The van der Waals surface area contributed by atoms with Crippen LogP contribution in [0, 0.1) is 0 Å². The average molecular weight is 333 g/mol. The summed E-state index contributed by atoms with van der Waals surface area (Å²) in [5.74, 6) is 0.339. The van der Waals surface area contributed by atoms with Gasteiger partial charge in [0.05, 0.1) is 7.11 Å². The first-order chi connectivity index (χ1) is 11.6. The van der Waals surface area contributed by atoms with Crippen LogP contribution >= 0.6 is 0 Å². The van der Waals surface area contributed by atoms with Crippen LogP contribution in [0.5, 0.6) is 11.5 Å². The van der Waals surface area contributed by atoms with E-state index >= 15 is 0 Å². The lowest BCUT2D eigenvalue weighted by molar-refractivity contribution is -0.116. The summed E-state index contributed by atoms with van der Waals surface area (Å²) >= 11 is 0. The third-order valence-electron chi connectivity index (χ3n) is 3.19.